The quantitative estimate of drug-likeness (QED) is 0.747. The number of carbonyl (C=O) groups is 1. The minimum Gasteiger partial charge on any atom is -0.372 e. The topological polar surface area (TPSA) is 41.6 Å². The zero-order valence-electron chi connectivity index (χ0n) is 10.9. The van der Waals surface area contributed by atoms with Crippen molar-refractivity contribution in [2.45, 2.75) is 57.8 Å². The molecule has 0 radical (unpaired) electrons. The van der Waals surface area contributed by atoms with Crippen molar-refractivity contribution in [3.05, 3.63) is 0 Å². The van der Waals surface area contributed by atoms with Gasteiger partial charge in [-0.25, -0.2) is 0 Å². The first-order valence-corrected chi connectivity index (χ1v) is 6.84. The third-order valence-electron chi connectivity index (χ3n) is 3.59. The van der Waals surface area contributed by atoms with E-state index in [9.17, 15) is 4.79 Å². The first kappa shape index (κ1) is 12.8. The SMILES string of the molecule is C[C@@H]1CN(C(=O)C2CCCCCN2)C[C@H](C)O1. The van der Waals surface area contributed by atoms with Crippen LogP contribution in [0.5, 0.6) is 0 Å². The van der Waals surface area contributed by atoms with E-state index >= 15 is 0 Å². The minimum absolute atomic E-state index is 0.0370. The standard InChI is InChI=1S/C13H24N2O2/c1-10-8-15(9-11(2)17-10)13(16)12-6-4-3-5-7-14-12/h10-12,14H,3-9H2,1-2H3/t10-,11+,12?. The molecule has 0 aromatic heterocycles. The maximum absolute atomic E-state index is 12.4. The summed E-state index contributed by atoms with van der Waals surface area (Å²) in [6.07, 6.45) is 4.91. The van der Waals surface area contributed by atoms with E-state index in [1.165, 1.54) is 19.3 Å². The molecule has 2 rings (SSSR count). The molecular weight excluding hydrogens is 216 g/mol. The second-order valence-corrected chi connectivity index (χ2v) is 5.36. The summed E-state index contributed by atoms with van der Waals surface area (Å²) in [4.78, 5) is 14.4. The molecule has 2 aliphatic heterocycles. The number of amides is 1. The van der Waals surface area contributed by atoms with E-state index in [1.54, 1.807) is 0 Å². The second kappa shape index (κ2) is 5.83. The Balaban J connectivity index is 1.93. The minimum atomic E-state index is 0.0370. The fourth-order valence-corrected chi connectivity index (χ4v) is 2.82. The van der Waals surface area contributed by atoms with Gasteiger partial charge in [0.25, 0.3) is 0 Å². The Morgan fingerprint density at radius 2 is 1.88 bits per heavy atom. The molecule has 0 aromatic rings. The molecule has 2 saturated heterocycles. The van der Waals surface area contributed by atoms with E-state index in [2.05, 4.69) is 5.32 Å². The predicted octanol–water partition coefficient (Wildman–Crippen LogP) is 1.15. The first-order chi connectivity index (χ1) is 8.16. The Hall–Kier alpha value is -0.610. The highest BCUT2D eigenvalue weighted by Gasteiger charge is 2.30. The van der Waals surface area contributed by atoms with E-state index in [-0.39, 0.29) is 24.2 Å². The van der Waals surface area contributed by atoms with E-state index in [4.69, 9.17) is 4.74 Å². The van der Waals surface area contributed by atoms with Crippen molar-refractivity contribution >= 4 is 5.91 Å². The lowest BCUT2D eigenvalue weighted by Gasteiger charge is -2.37. The summed E-state index contributed by atoms with van der Waals surface area (Å²) < 4.78 is 5.66. The summed E-state index contributed by atoms with van der Waals surface area (Å²) in [6, 6.07) is 0.0370. The lowest BCUT2D eigenvalue weighted by Crippen LogP contribution is -2.54. The fourth-order valence-electron chi connectivity index (χ4n) is 2.82. The number of hydrogen-bond acceptors (Lipinski definition) is 3. The maximum atomic E-state index is 12.4. The van der Waals surface area contributed by atoms with Gasteiger partial charge >= 0.3 is 0 Å². The van der Waals surface area contributed by atoms with E-state index < -0.39 is 0 Å². The molecule has 0 aliphatic carbocycles. The average molecular weight is 240 g/mol. The number of hydrogen-bond donors (Lipinski definition) is 1. The maximum Gasteiger partial charge on any atom is 0.239 e. The second-order valence-electron chi connectivity index (χ2n) is 5.36. The number of nitrogens with one attached hydrogen (secondary N) is 1. The molecule has 0 saturated carbocycles. The van der Waals surface area contributed by atoms with Gasteiger partial charge in [0.05, 0.1) is 18.2 Å². The van der Waals surface area contributed by atoms with Crippen LogP contribution in [0.1, 0.15) is 39.5 Å². The zero-order chi connectivity index (χ0) is 12.3. The normalized spacial score (nSPS) is 35.4. The molecule has 0 spiro atoms. The van der Waals surface area contributed by atoms with Gasteiger partial charge < -0.3 is 15.0 Å². The Labute approximate surface area is 104 Å². The summed E-state index contributed by atoms with van der Waals surface area (Å²) in [5.74, 6) is 0.272. The van der Waals surface area contributed by atoms with Gasteiger partial charge in [0.15, 0.2) is 0 Å². The summed E-state index contributed by atoms with van der Waals surface area (Å²) in [5.41, 5.74) is 0. The van der Waals surface area contributed by atoms with Gasteiger partial charge in [0.1, 0.15) is 0 Å². The number of rotatable bonds is 1. The smallest absolute Gasteiger partial charge is 0.239 e. The van der Waals surface area contributed by atoms with Crippen molar-refractivity contribution in [1.82, 2.24) is 10.2 Å². The summed E-state index contributed by atoms with van der Waals surface area (Å²) in [5, 5.41) is 3.38. The molecule has 4 heteroatoms. The molecule has 0 aromatic carbocycles. The van der Waals surface area contributed by atoms with Crippen molar-refractivity contribution in [3.8, 4) is 0 Å². The summed E-state index contributed by atoms with van der Waals surface area (Å²) in [6.45, 7) is 6.53. The Kier molecular flexibility index (Phi) is 4.40. The van der Waals surface area contributed by atoms with Crippen LogP contribution in [-0.4, -0.2) is 48.7 Å². The Bertz CT molecular complexity index is 252. The summed E-state index contributed by atoms with van der Waals surface area (Å²) in [7, 11) is 0. The molecule has 1 N–H and O–H groups in total. The average Bonchev–Trinajstić information content (AvgIpc) is 2.55. The summed E-state index contributed by atoms with van der Waals surface area (Å²) >= 11 is 0. The van der Waals surface area contributed by atoms with Gasteiger partial charge in [0, 0.05) is 13.1 Å². The third-order valence-corrected chi connectivity index (χ3v) is 3.59. The van der Waals surface area contributed by atoms with Crippen LogP contribution < -0.4 is 5.32 Å². The van der Waals surface area contributed by atoms with Crippen LogP contribution >= 0.6 is 0 Å². The lowest BCUT2D eigenvalue weighted by molar-refractivity contribution is -0.145. The fraction of sp³-hybridized carbons (Fsp3) is 0.923. The molecule has 2 aliphatic rings. The van der Waals surface area contributed by atoms with Gasteiger partial charge in [-0.2, -0.15) is 0 Å². The van der Waals surface area contributed by atoms with Crippen LogP contribution in [0.2, 0.25) is 0 Å². The third kappa shape index (κ3) is 3.42. The molecular formula is C13H24N2O2. The van der Waals surface area contributed by atoms with Crippen molar-refractivity contribution < 1.29 is 9.53 Å². The zero-order valence-corrected chi connectivity index (χ0v) is 10.9. The number of nitrogens with zero attached hydrogens (tertiary/aromatic N) is 1. The van der Waals surface area contributed by atoms with Crippen LogP contribution in [0.4, 0.5) is 0 Å². The van der Waals surface area contributed by atoms with Gasteiger partial charge in [-0.15, -0.1) is 0 Å². The highest BCUT2D eigenvalue weighted by Crippen LogP contribution is 2.15. The molecule has 4 nitrogen and oxygen atoms in total. The van der Waals surface area contributed by atoms with Gasteiger partial charge in [0.2, 0.25) is 5.91 Å². The van der Waals surface area contributed by atoms with Crippen LogP contribution in [-0.2, 0) is 9.53 Å². The van der Waals surface area contributed by atoms with Crippen LogP contribution in [0.3, 0.4) is 0 Å². The van der Waals surface area contributed by atoms with Crippen molar-refractivity contribution in [1.29, 1.82) is 0 Å². The largest absolute Gasteiger partial charge is 0.372 e. The van der Waals surface area contributed by atoms with Gasteiger partial charge in [-0.3, -0.25) is 4.79 Å². The van der Waals surface area contributed by atoms with Crippen LogP contribution in [0, 0.1) is 0 Å². The molecule has 3 atom stereocenters. The Morgan fingerprint density at radius 3 is 2.59 bits per heavy atom. The highest BCUT2D eigenvalue weighted by molar-refractivity contribution is 5.82. The van der Waals surface area contributed by atoms with Crippen molar-refractivity contribution in [2.24, 2.45) is 0 Å². The number of morpholine rings is 1. The van der Waals surface area contributed by atoms with Crippen LogP contribution in [0.15, 0.2) is 0 Å². The monoisotopic (exact) mass is 240 g/mol. The van der Waals surface area contributed by atoms with Crippen molar-refractivity contribution in [2.75, 3.05) is 19.6 Å². The van der Waals surface area contributed by atoms with E-state index in [1.807, 2.05) is 18.7 Å². The molecule has 98 valence electrons. The first-order valence-electron chi connectivity index (χ1n) is 6.84. The van der Waals surface area contributed by atoms with Crippen LogP contribution in [0.25, 0.3) is 0 Å². The molecule has 2 heterocycles. The van der Waals surface area contributed by atoms with E-state index in [0.717, 1.165) is 26.1 Å². The van der Waals surface area contributed by atoms with Gasteiger partial charge in [-0.1, -0.05) is 12.8 Å². The number of ether oxygens (including phenoxy) is 1. The molecule has 2 fully saturated rings. The van der Waals surface area contributed by atoms with Gasteiger partial charge in [-0.05, 0) is 33.2 Å². The lowest BCUT2D eigenvalue weighted by atomic mass is 10.1. The molecule has 1 unspecified atom stereocenters. The molecule has 1 amide bonds. The molecule has 0 bridgehead atoms. The highest BCUT2D eigenvalue weighted by atomic mass is 16.5. The predicted molar refractivity (Wildman–Crippen MR) is 66.8 cm³/mol. The van der Waals surface area contributed by atoms with E-state index in [0.29, 0.717) is 0 Å². The molecule has 17 heavy (non-hydrogen) atoms. The number of carbonyl (C=O) groups excluding carboxylic acids is 1. The van der Waals surface area contributed by atoms with Crippen molar-refractivity contribution in [3.63, 3.8) is 0 Å². The Morgan fingerprint density at radius 1 is 1.18 bits per heavy atom.